The van der Waals surface area contributed by atoms with Crippen LogP contribution in [0.15, 0.2) is 42.7 Å². The summed E-state index contributed by atoms with van der Waals surface area (Å²) in [5.41, 5.74) is 9.36. The fourth-order valence-electron chi connectivity index (χ4n) is 4.48. The van der Waals surface area contributed by atoms with Crippen molar-refractivity contribution >= 4 is 5.82 Å². The van der Waals surface area contributed by atoms with Gasteiger partial charge >= 0.3 is 0 Å². The molecule has 0 aromatic carbocycles. The summed E-state index contributed by atoms with van der Waals surface area (Å²) in [6.07, 6.45) is 4.86. The molecule has 0 amide bonds. The van der Waals surface area contributed by atoms with E-state index >= 15 is 0 Å². The summed E-state index contributed by atoms with van der Waals surface area (Å²) in [5, 5.41) is 3.66. The Hall–Kier alpha value is -2.06. The van der Waals surface area contributed by atoms with Gasteiger partial charge in [0.1, 0.15) is 5.82 Å². The first kappa shape index (κ1) is 17.1. The van der Waals surface area contributed by atoms with Crippen molar-refractivity contribution in [2.24, 2.45) is 5.92 Å². The van der Waals surface area contributed by atoms with Gasteiger partial charge in [0, 0.05) is 50.0 Å². The van der Waals surface area contributed by atoms with Crippen molar-refractivity contribution in [2.75, 3.05) is 37.7 Å². The molecule has 4 unspecified atom stereocenters. The van der Waals surface area contributed by atoms with Crippen LogP contribution in [0.5, 0.6) is 0 Å². The molecular formula is C20H26N6O. The van der Waals surface area contributed by atoms with E-state index in [1.165, 1.54) is 5.56 Å². The topological polar surface area (TPSA) is 74.3 Å². The van der Waals surface area contributed by atoms with Gasteiger partial charge in [-0.05, 0) is 30.2 Å². The number of nitrogens with one attached hydrogen (secondary N) is 3. The highest BCUT2D eigenvalue weighted by Gasteiger charge is 2.42. The normalized spacial score (nSPS) is 30.9. The van der Waals surface area contributed by atoms with Gasteiger partial charge in [0.15, 0.2) is 0 Å². The van der Waals surface area contributed by atoms with Crippen LogP contribution >= 0.6 is 0 Å². The van der Waals surface area contributed by atoms with Gasteiger partial charge in [0.05, 0.1) is 24.9 Å². The van der Waals surface area contributed by atoms with E-state index in [9.17, 15) is 0 Å². The molecule has 7 heteroatoms. The van der Waals surface area contributed by atoms with Gasteiger partial charge in [-0.25, -0.2) is 10.4 Å². The molecule has 7 nitrogen and oxygen atoms in total. The van der Waals surface area contributed by atoms with Crippen molar-refractivity contribution < 1.29 is 4.74 Å². The molecule has 5 heterocycles. The quantitative estimate of drug-likeness (QED) is 0.753. The van der Waals surface area contributed by atoms with Crippen LogP contribution in [0.25, 0.3) is 0 Å². The van der Waals surface area contributed by atoms with Crippen molar-refractivity contribution in [2.45, 2.75) is 24.5 Å². The minimum absolute atomic E-state index is 0.220. The molecular weight excluding hydrogens is 340 g/mol. The highest BCUT2D eigenvalue weighted by atomic mass is 16.5. The first-order valence-corrected chi connectivity index (χ1v) is 9.82. The van der Waals surface area contributed by atoms with Crippen LogP contribution < -0.4 is 21.1 Å². The zero-order chi connectivity index (χ0) is 18.1. The lowest BCUT2D eigenvalue weighted by Gasteiger charge is -2.34. The third-order valence-corrected chi connectivity index (χ3v) is 5.96. The van der Waals surface area contributed by atoms with Gasteiger partial charge in [-0.2, -0.15) is 0 Å². The van der Waals surface area contributed by atoms with E-state index in [0.29, 0.717) is 18.0 Å². The maximum Gasteiger partial charge on any atom is 0.129 e. The predicted octanol–water partition coefficient (Wildman–Crippen LogP) is 1.18. The number of hydrogen-bond donors (Lipinski definition) is 3. The third kappa shape index (κ3) is 3.43. The van der Waals surface area contributed by atoms with Gasteiger partial charge in [0.25, 0.3) is 0 Å². The van der Waals surface area contributed by atoms with Crippen molar-refractivity contribution in [3.63, 3.8) is 0 Å². The number of hydrogen-bond acceptors (Lipinski definition) is 7. The van der Waals surface area contributed by atoms with Gasteiger partial charge in [-0.1, -0.05) is 12.1 Å². The Morgan fingerprint density at radius 2 is 2.00 bits per heavy atom. The molecule has 0 saturated carbocycles. The van der Waals surface area contributed by atoms with Crippen molar-refractivity contribution in [1.29, 1.82) is 0 Å². The monoisotopic (exact) mass is 366 g/mol. The van der Waals surface area contributed by atoms with E-state index in [1.807, 2.05) is 18.5 Å². The number of morpholine rings is 1. The molecule has 3 fully saturated rings. The molecule has 27 heavy (non-hydrogen) atoms. The summed E-state index contributed by atoms with van der Waals surface area (Å²) in [4.78, 5) is 11.6. The average molecular weight is 366 g/mol. The van der Waals surface area contributed by atoms with Gasteiger partial charge in [0.2, 0.25) is 0 Å². The molecule has 3 saturated heterocycles. The van der Waals surface area contributed by atoms with Crippen molar-refractivity contribution in [1.82, 2.24) is 26.1 Å². The number of piperidine rings is 1. The van der Waals surface area contributed by atoms with E-state index in [-0.39, 0.29) is 6.04 Å². The number of ether oxygens (including phenoxy) is 1. The molecule has 0 spiro atoms. The second-order valence-corrected chi connectivity index (χ2v) is 7.54. The summed E-state index contributed by atoms with van der Waals surface area (Å²) >= 11 is 0. The van der Waals surface area contributed by atoms with Crippen LogP contribution in [0, 0.1) is 5.92 Å². The molecule has 0 bridgehead atoms. The van der Waals surface area contributed by atoms with Crippen molar-refractivity contribution in [3.8, 4) is 0 Å². The largest absolute Gasteiger partial charge is 0.378 e. The molecule has 4 atom stereocenters. The van der Waals surface area contributed by atoms with Crippen LogP contribution in [0.3, 0.4) is 0 Å². The molecule has 3 aliphatic rings. The summed E-state index contributed by atoms with van der Waals surface area (Å²) in [6, 6.07) is 11.5. The Balaban J connectivity index is 1.36. The molecule has 0 aliphatic carbocycles. The number of nitrogens with zero attached hydrogens (tertiary/aromatic N) is 3. The Bertz CT molecular complexity index is 766. The number of pyridine rings is 2. The number of aromatic nitrogens is 2. The van der Waals surface area contributed by atoms with Gasteiger partial charge in [-0.15, -0.1) is 0 Å². The lowest BCUT2D eigenvalue weighted by Crippen LogP contribution is -2.46. The van der Waals surface area contributed by atoms with Gasteiger partial charge in [-0.3, -0.25) is 10.4 Å². The third-order valence-electron chi connectivity index (χ3n) is 5.96. The molecule has 142 valence electrons. The number of rotatable bonds is 3. The van der Waals surface area contributed by atoms with E-state index in [4.69, 9.17) is 9.72 Å². The Kier molecular flexibility index (Phi) is 4.75. The van der Waals surface area contributed by atoms with Crippen LogP contribution in [0.4, 0.5) is 5.82 Å². The minimum atomic E-state index is 0.220. The maximum atomic E-state index is 5.47. The number of hydrazine groups is 1. The Morgan fingerprint density at radius 1 is 1.07 bits per heavy atom. The fourth-order valence-corrected chi connectivity index (χ4v) is 4.48. The Labute approximate surface area is 159 Å². The number of anilines is 1. The van der Waals surface area contributed by atoms with E-state index in [0.717, 1.165) is 50.8 Å². The lowest BCUT2D eigenvalue weighted by molar-refractivity contribution is 0.122. The molecule has 3 N–H and O–H groups in total. The zero-order valence-electron chi connectivity index (χ0n) is 15.3. The second kappa shape index (κ2) is 7.52. The van der Waals surface area contributed by atoms with Crippen LogP contribution in [-0.2, 0) is 4.74 Å². The number of fused-ring (bicyclic) bond motifs is 1. The predicted molar refractivity (Wildman–Crippen MR) is 103 cm³/mol. The lowest BCUT2D eigenvalue weighted by atomic mass is 9.81. The highest BCUT2D eigenvalue weighted by Crippen LogP contribution is 2.38. The standard InChI is InChI=1S/C20H26N6O/c1-4-16(23-19(5-1)26-7-9-27-10-8-26)20-15-11-17(14-3-2-6-21-12-14)22-13-18(15)24-25-20/h1-6,12,15,17-18,20,22,24-25H,7-11,13H2. The maximum absolute atomic E-state index is 5.47. The van der Waals surface area contributed by atoms with Crippen LogP contribution in [0.2, 0.25) is 0 Å². The van der Waals surface area contributed by atoms with Crippen LogP contribution in [-0.4, -0.2) is 48.9 Å². The summed E-state index contributed by atoms with van der Waals surface area (Å²) in [5.74, 6) is 1.54. The molecule has 3 aliphatic heterocycles. The SMILES string of the molecule is c1cncc(C2CC3C(CN2)NNC3c2cccc(N3CCOCC3)n2)c1. The minimum Gasteiger partial charge on any atom is -0.378 e. The molecule has 2 aromatic heterocycles. The first-order valence-electron chi connectivity index (χ1n) is 9.82. The second-order valence-electron chi connectivity index (χ2n) is 7.54. The summed E-state index contributed by atoms with van der Waals surface area (Å²) in [6.45, 7) is 4.31. The fraction of sp³-hybridized carbons (Fsp3) is 0.500. The average Bonchev–Trinajstić information content (AvgIpc) is 3.18. The first-order chi connectivity index (χ1) is 13.4. The molecule has 2 aromatic rings. The summed E-state index contributed by atoms with van der Waals surface area (Å²) < 4.78 is 5.47. The molecule has 0 radical (unpaired) electrons. The highest BCUT2D eigenvalue weighted by molar-refractivity contribution is 5.40. The molecule has 5 rings (SSSR count). The summed E-state index contributed by atoms with van der Waals surface area (Å²) in [7, 11) is 0. The van der Waals surface area contributed by atoms with E-state index in [2.05, 4.69) is 50.3 Å². The van der Waals surface area contributed by atoms with E-state index in [1.54, 1.807) is 0 Å². The van der Waals surface area contributed by atoms with Crippen molar-refractivity contribution in [3.05, 3.63) is 54.0 Å². The van der Waals surface area contributed by atoms with Crippen LogP contribution in [0.1, 0.15) is 29.8 Å². The van der Waals surface area contributed by atoms with Gasteiger partial charge < -0.3 is 15.0 Å². The van der Waals surface area contributed by atoms with E-state index < -0.39 is 0 Å². The Morgan fingerprint density at radius 3 is 2.85 bits per heavy atom. The zero-order valence-corrected chi connectivity index (χ0v) is 15.3. The smallest absolute Gasteiger partial charge is 0.129 e.